The van der Waals surface area contributed by atoms with Gasteiger partial charge < -0.3 is 9.79 Å². The second-order valence-corrected chi connectivity index (χ2v) is 7.97. The van der Waals surface area contributed by atoms with Crippen LogP contribution < -0.4 is 0 Å². The zero-order chi connectivity index (χ0) is 18.1. The topological polar surface area (TPSA) is 66.8 Å². The molecular formula is C19H39O4P. The molecule has 2 N–H and O–H groups in total. The highest BCUT2D eigenvalue weighted by molar-refractivity contribution is 7.46. The van der Waals surface area contributed by atoms with Gasteiger partial charge in [-0.3, -0.25) is 4.52 Å². The molecule has 0 saturated heterocycles. The van der Waals surface area contributed by atoms with Crippen LogP contribution in [0.4, 0.5) is 0 Å². The van der Waals surface area contributed by atoms with Crippen molar-refractivity contribution in [2.75, 3.05) is 0 Å². The second-order valence-electron chi connectivity index (χ2n) is 6.78. The number of phosphoric acid groups is 1. The van der Waals surface area contributed by atoms with Crippen LogP contribution in [0.2, 0.25) is 0 Å². The fourth-order valence-electron chi connectivity index (χ4n) is 2.79. The van der Waals surface area contributed by atoms with Crippen molar-refractivity contribution in [3.63, 3.8) is 0 Å². The molecule has 1 atom stereocenters. The highest BCUT2D eigenvalue weighted by atomic mass is 31.2. The van der Waals surface area contributed by atoms with Gasteiger partial charge in [-0.25, -0.2) is 4.57 Å². The molecule has 0 aromatic heterocycles. The van der Waals surface area contributed by atoms with Gasteiger partial charge in [-0.2, -0.15) is 0 Å². The Kier molecular flexibility index (Phi) is 16.2. The van der Waals surface area contributed by atoms with E-state index in [9.17, 15) is 4.57 Å². The zero-order valence-electron chi connectivity index (χ0n) is 15.8. The van der Waals surface area contributed by atoms with Crippen LogP contribution in [0.15, 0.2) is 12.2 Å². The fraction of sp³-hybridized carbons (Fsp3) is 0.895. The molecule has 1 unspecified atom stereocenters. The molecule has 144 valence electrons. The lowest BCUT2D eigenvalue weighted by Gasteiger charge is -2.12. The summed E-state index contributed by atoms with van der Waals surface area (Å²) in [6.45, 7) is 3.97. The first-order valence-electron chi connectivity index (χ1n) is 9.84. The summed E-state index contributed by atoms with van der Waals surface area (Å²) in [5.41, 5.74) is 0. The van der Waals surface area contributed by atoms with Crippen LogP contribution in [-0.2, 0) is 9.09 Å². The largest absolute Gasteiger partial charge is 0.469 e. The highest BCUT2D eigenvalue weighted by Gasteiger charge is 2.18. The van der Waals surface area contributed by atoms with Gasteiger partial charge in [0, 0.05) is 0 Å². The van der Waals surface area contributed by atoms with Crippen molar-refractivity contribution in [2.45, 2.75) is 110 Å². The monoisotopic (exact) mass is 362 g/mol. The van der Waals surface area contributed by atoms with Gasteiger partial charge in [0.25, 0.3) is 0 Å². The number of unbranched alkanes of at least 4 members (excludes halogenated alkanes) is 11. The molecule has 0 radical (unpaired) electrons. The first-order valence-corrected chi connectivity index (χ1v) is 11.4. The van der Waals surface area contributed by atoms with Crippen LogP contribution >= 0.6 is 7.82 Å². The highest BCUT2D eigenvalue weighted by Crippen LogP contribution is 2.38. The molecule has 0 aliphatic carbocycles. The average Bonchev–Trinajstić information content (AvgIpc) is 2.49. The minimum absolute atomic E-state index is 0.365. The van der Waals surface area contributed by atoms with E-state index >= 15 is 0 Å². The van der Waals surface area contributed by atoms with Crippen LogP contribution in [0.1, 0.15) is 104 Å². The molecule has 0 spiro atoms. The molecule has 24 heavy (non-hydrogen) atoms. The first kappa shape index (κ1) is 23.9. The van der Waals surface area contributed by atoms with E-state index in [0.29, 0.717) is 6.42 Å². The molecule has 0 bridgehead atoms. The molecule has 0 aliphatic heterocycles. The molecule has 0 aromatic rings. The van der Waals surface area contributed by atoms with Gasteiger partial charge in [0.1, 0.15) is 0 Å². The van der Waals surface area contributed by atoms with Gasteiger partial charge in [-0.15, -0.1) is 0 Å². The number of hydrogen-bond donors (Lipinski definition) is 2. The quantitative estimate of drug-likeness (QED) is 0.175. The summed E-state index contributed by atoms with van der Waals surface area (Å²) in [6.07, 6.45) is 21.3. The first-order chi connectivity index (χ1) is 11.5. The van der Waals surface area contributed by atoms with Crippen molar-refractivity contribution in [3.8, 4) is 0 Å². The van der Waals surface area contributed by atoms with E-state index < -0.39 is 7.82 Å². The van der Waals surface area contributed by atoms with E-state index in [-0.39, 0.29) is 6.10 Å². The maximum Gasteiger partial charge on any atom is 0.469 e. The van der Waals surface area contributed by atoms with E-state index in [1.807, 2.05) is 0 Å². The normalized spacial score (nSPS) is 13.7. The SMILES string of the molecule is CCCCCCCC/C=C\CCCCCCCC(C)OP(=O)(O)O. The maximum absolute atomic E-state index is 10.7. The molecule has 0 heterocycles. The van der Waals surface area contributed by atoms with Crippen molar-refractivity contribution >= 4 is 7.82 Å². The lowest BCUT2D eigenvalue weighted by molar-refractivity contribution is 0.136. The summed E-state index contributed by atoms with van der Waals surface area (Å²) >= 11 is 0. The van der Waals surface area contributed by atoms with Crippen LogP contribution in [0, 0.1) is 0 Å². The molecule has 0 amide bonds. The lowest BCUT2D eigenvalue weighted by Crippen LogP contribution is -2.05. The van der Waals surface area contributed by atoms with Crippen molar-refractivity contribution in [3.05, 3.63) is 12.2 Å². The van der Waals surface area contributed by atoms with Gasteiger partial charge in [0.05, 0.1) is 6.10 Å². The molecule has 0 aromatic carbocycles. The zero-order valence-corrected chi connectivity index (χ0v) is 16.7. The minimum Gasteiger partial charge on any atom is -0.303 e. The maximum atomic E-state index is 10.7. The van der Waals surface area contributed by atoms with Gasteiger partial charge in [-0.1, -0.05) is 76.9 Å². The van der Waals surface area contributed by atoms with Crippen molar-refractivity contribution in [1.29, 1.82) is 0 Å². The summed E-state index contributed by atoms with van der Waals surface area (Å²) in [6, 6.07) is 0. The Labute approximate surface area is 149 Å². The number of allylic oxidation sites excluding steroid dienone is 2. The summed E-state index contributed by atoms with van der Waals surface area (Å²) in [4.78, 5) is 17.4. The summed E-state index contributed by atoms with van der Waals surface area (Å²) in [7, 11) is -4.32. The molecular weight excluding hydrogens is 323 g/mol. The standard InChI is InChI=1S/C19H39O4P/c1-3-4-5-6-7-8-9-10-11-12-13-14-15-16-17-18-19(2)23-24(20,21)22/h10-11,19H,3-9,12-18H2,1-2H3,(H2,20,21,22)/b11-10-. The van der Waals surface area contributed by atoms with E-state index in [4.69, 9.17) is 9.79 Å². The molecule has 0 rings (SSSR count). The smallest absolute Gasteiger partial charge is 0.303 e. The van der Waals surface area contributed by atoms with Gasteiger partial charge in [-0.05, 0) is 39.0 Å². The van der Waals surface area contributed by atoms with Crippen molar-refractivity contribution < 1.29 is 18.9 Å². The van der Waals surface area contributed by atoms with Crippen molar-refractivity contribution in [1.82, 2.24) is 0 Å². The third kappa shape index (κ3) is 19.9. The Hall–Kier alpha value is -0.150. The van der Waals surface area contributed by atoms with Crippen molar-refractivity contribution in [2.24, 2.45) is 0 Å². The molecule has 0 aliphatic rings. The molecule has 0 saturated carbocycles. The van der Waals surface area contributed by atoms with Crippen LogP contribution in [0.25, 0.3) is 0 Å². The van der Waals surface area contributed by atoms with Gasteiger partial charge in [0.15, 0.2) is 0 Å². The Bertz CT molecular complexity index is 338. The predicted octanol–water partition coefficient (Wildman–Crippen LogP) is 6.52. The fourth-order valence-corrected chi connectivity index (χ4v) is 3.36. The average molecular weight is 362 g/mol. The van der Waals surface area contributed by atoms with Crippen LogP contribution in [0.3, 0.4) is 0 Å². The summed E-state index contributed by atoms with van der Waals surface area (Å²) in [5.74, 6) is 0. The second kappa shape index (κ2) is 16.3. The third-order valence-electron chi connectivity index (χ3n) is 4.19. The number of hydrogen-bond acceptors (Lipinski definition) is 2. The van der Waals surface area contributed by atoms with Crippen LogP contribution in [-0.4, -0.2) is 15.9 Å². The summed E-state index contributed by atoms with van der Waals surface area (Å²) < 4.78 is 15.3. The summed E-state index contributed by atoms with van der Waals surface area (Å²) in [5, 5.41) is 0. The minimum atomic E-state index is -4.32. The van der Waals surface area contributed by atoms with Gasteiger partial charge in [0.2, 0.25) is 0 Å². The molecule has 4 nitrogen and oxygen atoms in total. The lowest BCUT2D eigenvalue weighted by atomic mass is 10.1. The van der Waals surface area contributed by atoms with E-state index in [1.165, 1.54) is 70.6 Å². The Morgan fingerprint density at radius 2 is 1.29 bits per heavy atom. The predicted molar refractivity (Wildman–Crippen MR) is 102 cm³/mol. The third-order valence-corrected chi connectivity index (χ3v) is 4.82. The van der Waals surface area contributed by atoms with E-state index in [0.717, 1.165) is 12.8 Å². The van der Waals surface area contributed by atoms with Crippen LogP contribution in [0.5, 0.6) is 0 Å². The van der Waals surface area contributed by atoms with E-state index in [2.05, 4.69) is 23.6 Å². The van der Waals surface area contributed by atoms with Gasteiger partial charge >= 0.3 is 7.82 Å². The molecule has 0 fully saturated rings. The Morgan fingerprint density at radius 3 is 1.79 bits per heavy atom. The Morgan fingerprint density at radius 1 is 0.833 bits per heavy atom. The number of phosphoric ester groups is 1. The number of rotatable bonds is 17. The Balaban J connectivity index is 3.25. The van der Waals surface area contributed by atoms with E-state index in [1.54, 1.807) is 6.92 Å². The molecule has 5 heteroatoms.